The van der Waals surface area contributed by atoms with Crippen LogP contribution in [0.25, 0.3) is 0 Å². The van der Waals surface area contributed by atoms with Crippen molar-refractivity contribution in [3.05, 3.63) is 34.9 Å². The molecule has 0 fully saturated rings. The van der Waals surface area contributed by atoms with Crippen molar-refractivity contribution in [2.75, 3.05) is 19.8 Å². The van der Waals surface area contributed by atoms with Crippen LogP contribution >= 0.6 is 7.60 Å². The Kier molecular flexibility index (Phi) is 7.27. The summed E-state index contributed by atoms with van der Waals surface area (Å²) in [5.41, 5.74) is 1.49. The van der Waals surface area contributed by atoms with E-state index < -0.39 is 19.2 Å². The van der Waals surface area contributed by atoms with E-state index in [2.05, 4.69) is 0 Å². The standard InChI is InChI=1S/C16H25O5P/c1-6-19-16(17)15(22(18,20-7-2)21-8-3)14-10-12(4)9-13(5)11-14/h9-11,15H,6-8H2,1-5H3. The van der Waals surface area contributed by atoms with Crippen LogP contribution in [0.1, 0.15) is 43.1 Å². The zero-order valence-electron chi connectivity index (χ0n) is 13.9. The number of carbonyl (C=O) groups excluding carboxylic acids is 1. The SMILES string of the molecule is CCOC(=O)C(c1cc(C)cc(C)c1)P(=O)(OCC)OCC. The van der Waals surface area contributed by atoms with Gasteiger partial charge in [-0.2, -0.15) is 0 Å². The van der Waals surface area contributed by atoms with E-state index in [1.165, 1.54) is 0 Å². The summed E-state index contributed by atoms with van der Waals surface area (Å²) in [7, 11) is -3.65. The van der Waals surface area contributed by atoms with Crippen molar-refractivity contribution < 1.29 is 23.1 Å². The van der Waals surface area contributed by atoms with E-state index in [4.69, 9.17) is 13.8 Å². The molecule has 1 unspecified atom stereocenters. The van der Waals surface area contributed by atoms with Crippen molar-refractivity contribution >= 4 is 13.6 Å². The van der Waals surface area contributed by atoms with Crippen LogP contribution in [-0.2, 0) is 23.1 Å². The van der Waals surface area contributed by atoms with Gasteiger partial charge >= 0.3 is 13.6 Å². The minimum Gasteiger partial charge on any atom is -0.465 e. The number of esters is 1. The third-order valence-corrected chi connectivity index (χ3v) is 5.38. The number of hydrogen-bond acceptors (Lipinski definition) is 5. The lowest BCUT2D eigenvalue weighted by molar-refractivity contribution is -0.143. The van der Waals surface area contributed by atoms with Gasteiger partial charge < -0.3 is 13.8 Å². The van der Waals surface area contributed by atoms with Gasteiger partial charge in [-0.15, -0.1) is 0 Å². The summed E-state index contributed by atoms with van der Waals surface area (Å²) in [5.74, 6) is -0.585. The molecular formula is C16H25O5P. The molecule has 0 aliphatic rings. The molecule has 1 atom stereocenters. The van der Waals surface area contributed by atoms with Gasteiger partial charge in [0.15, 0.2) is 5.66 Å². The molecule has 22 heavy (non-hydrogen) atoms. The van der Waals surface area contributed by atoms with Crippen LogP contribution in [0, 0.1) is 13.8 Å². The lowest BCUT2D eigenvalue weighted by Gasteiger charge is -2.25. The van der Waals surface area contributed by atoms with Crippen molar-refractivity contribution in [3.63, 3.8) is 0 Å². The fraction of sp³-hybridized carbons (Fsp3) is 0.562. The summed E-state index contributed by atoms with van der Waals surface area (Å²) in [6.07, 6.45) is 0. The zero-order chi connectivity index (χ0) is 16.8. The Hall–Kier alpha value is -1.16. The van der Waals surface area contributed by atoms with Gasteiger partial charge in [-0.1, -0.05) is 29.3 Å². The molecule has 0 aromatic heterocycles. The maximum atomic E-state index is 13.1. The van der Waals surface area contributed by atoms with E-state index in [0.29, 0.717) is 5.56 Å². The molecule has 0 aliphatic heterocycles. The van der Waals surface area contributed by atoms with Crippen LogP contribution in [0.15, 0.2) is 18.2 Å². The molecular weight excluding hydrogens is 303 g/mol. The van der Waals surface area contributed by atoms with E-state index >= 15 is 0 Å². The second-order valence-corrected chi connectivity index (χ2v) is 7.06. The lowest BCUT2D eigenvalue weighted by Crippen LogP contribution is -2.19. The number of rotatable bonds is 8. The molecule has 0 saturated heterocycles. The van der Waals surface area contributed by atoms with E-state index in [0.717, 1.165) is 11.1 Å². The molecule has 0 N–H and O–H groups in total. The van der Waals surface area contributed by atoms with E-state index in [1.54, 1.807) is 20.8 Å². The van der Waals surface area contributed by atoms with E-state index in [-0.39, 0.29) is 19.8 Å². The van der Waals surface area contributed by atoms with Gasteiger partial charge in [0.05, 0.1) is 19.8 Å². The number of aryl methyl sites for hydroxylation is 2. The maximum absolute atomic E-state index is 13.1. The summed E-state index contributed by atoms with van der Waals surface area (Å²) in [5, 5.41) is 0. The minimum absolute atomic E-state index is 0.192. The second kappa shape index (κ2) is 8.47. The summed E-state index contributed by atoms with van der Waals surface area (Å²) in [4.78, 5) is 12.4. The van der Waals surface area contributed by atoms with Crippen LogP contribution in [0.2, 0.25) is 0 Å². The molecule has 0 aliphatic carbocycles. The number of carbonyl (C=O) groups is 1. The van der Waals surface area contributed by atoms with Crippen LogP contribution in [0.5, 0.6) is 0 Å². The third-order valence-electron chi connectivity index (χ3n) is 3.00. The fourth-order valence-electron chi connectivity index (χ4n) is 2.38. The fourth-order valence-corrected chi connectivity index (χ4v) is 4.32. The van der Waals surface area contributed by atoms with Gasteiger partial charge in [-0.3, -0.25) is 9.36 Å². The number of ether oxygens (including phenoxy) is 1. The molecule has 0 radical (unpaired) electrons. The van der Waals surface area contributed by atoms with Crippen LogP contribution < -0.4 is 0 Å². The Morgan fingerprint density at radius 3 is 1.91 bits per heavy atom. The molecule has 5 nitrogen and oxygen atoms in total. The summed E-state index contributed by atoms with van der Waals surface area (Å²) in [6, 6.07) is 5.62. The average Bonchev–Trinajstić information content (AvgIpc) is 2.38. The Balaban J connectivity index is 3.39. The lowest BCUT2D eigenvalue weighted by atomic mass is 10.0. The smallest absolute Gasteiger partial charge is 0.349 e. The molecule has 0 saturated carbocycles. The average molecular weight is 328 g/mol. The Labute approximate surface area is 132 Å². The van der Waals surface area contributed by atoms with Crippen molar-refractivity contribution in [1.82, 2.24) is 0 Å². The van der Waals surface area contributed by atoms with E-state index in [9.17, 15) is 9.36 Å². The van der Waals surface area contributed by atoms with Crippen molar-refractivity contribution in [2.45, 2.75) is 40.3 Å². The minimum atomic E-state index is -3.65. The molecule has 0 amide bonds. The highest BCUT2D eigenvalue weighted by Gasteiger charge is 2.43. The van der Waals surface area contributed by atoms with Gasteiger partial charge in [0, 0.05) is 0 Å². The molecule has 1 rings (SSSR count). The maximum Gasteiger partial charge on any atom is 0.349 e. The highest BCUT2D eigenvalue weighted by Crippen LogP contribution is 2.61. The molecule has 0 heterocycles. The van der Waals surface area contributed by atoms with Crippen LogP contribution in [0.3, 0.4) is 0 Å². The van der Waals surface area contributed by atoms with E-state index in [1.807, 2.05) is 32.0 Å². The first kappa shape index (κ1) is 18.9. The normalized spacial score (nSPS) is 13.0. The van der Waals surface area contributed by atoms with Crippen LogP contribution in [-0.4, -0.2) is 25.8 Å². The molecule has 124 valence electrons. The topological polar surface area (TPSA) is 61.8 Å². The summed E-state index contributed by atoms with van der Waals surface area (Å²) < 4.78 is 28.9. The highest BCUT2D eigenvalue weighted by atomic mass is 31.2. The first-order chi connectivity index (χ1) is 10.4. The van der Waals surface area contributed by atoms with Gasteiger partial charge in [0.1, 0.15) is 0 Å². The second-order valence-electron chi connectivity index (χ2n) is 4.95. The quantitative estimate of drug-likeness (QED) is 0.529. The number of benzene rings is 1. The van der Waals surface area contributed by atoms with Gasteiger partial charge in [-0.05, 0) is 40.2 Å². The third kappa shape index (κ3) is 4.67. The predicted octanol–water partition coefficient (Wildman–Crippen LogP) is 4.17. The van der Waals surface area contributed by atoms with Gasteiger partial charge in [-0.25, -0.2) is 0 Å². The first-order valence-corrected chi connectivity index (χ1v) is 9.12. The molecule has 0 bridgehead atoms. The first-order valence-electron chi connectivity index (χ1n) is 7.51. The number of hydrogen-bond donors (Lipinski definition) is 0. The zero-order valence-corrected chi connectivity index (χ0v) is 14.8. The summed E-state index contributed by atoms with van der Waals surface area (Å²) in [6.45, 7) is 9.58. The predicted molar refractivity (Wildman–Crippen MR) is 86.1 cm³/mol. The van der Waals surface area contributed by atoms with Gasteiger partial charge in [0.25, 0.3) is 0 Å². The molecule has 6 heteroatoms. The highest BCUT2D eigenvalue weighted by molar-refractivity contribution is 7.55. The van der Waals surface area contributed by atoms with Crippen molar-refractivity contribution in [2.24, 2.45) is 0 Å². The molecule has 1 aromatic rings. The molecule has 1 aromatic carbocycles. The largest absolute Gasteiger partial charge is 0.465 e. The van der Waals surface area contributed by atoms with Crippen LogP contribution in [0.4, 0.5) is 0 Å². The Morgan fingerprint density at radius 1 is 1.00 bits per heavy atom. The summed E-state index contributed by atoms with van der Waals surface area (Å²) >= 11 is 0. The van der Waals surface area contributed by atoms with Gasteiger partial charge in [0.2, 0.25) is 0 Å². The molecule has 0 spiro atoms. The Bertz CT molecular complexity index is 525. The van der Waals surface area contributed by atoms with Crippen molar-refractivity contribution in [1.29, 1.82) is 0 Å². The van der Waals surface area contributed by atoms with Crippen molar-refractivity contribution in [3.8, 4) is 0 Å². The monoisotopic (exact) mass is 328 g/mol. The Morgan fingerprint density at radius 2 is 1.50 bits per heavy atom.